The van der Waals surface area contributed by atoms with E-state index in [1.165, 1.54) is 6.42 Å². The molecule has 1 saturated carbocycles. The highest BCUT2D eigenvalue weighted by atomic mass is 35.5. The zero-order valence-corrected chi connectivity index (χ0v) is 13.3. The van der Waals surface area contributed by atoms with Gasteiger partial charge >= 0.3 is 0 Å². The predicted octanol–water partition coefficient (Wildman–Crippen LogP) is 3.14. The normalized spacial score (nSPS) is 26.2. The molecular formula is C13H26ClNO2S. The first-order valence-corrected chi connectivity index (χ1v) is 8.90. The molecule has 0 bridgehead atoms. The molecule has 2 unspecified atom stereocenters. The summed E-state index contributed by atoms with van der Waals surface area (Å²) in [4.78, 5) is 0. The molecule has 0 aromatic heterocycles. The molecule has 108 valence electrons. The molecule has 0 radical (unpaired) electrons. The van der Waals surface area contributed by atoms with Crippen LogP contribution in [-0.4, -0.2) is 26.1 Å². The minimum Gasteiger partial charge on any atom is -0.215 e. The molecule has 0 spiro atoms. The number of sulfonamides is 1. The summed E-state index contributed by atoms with van der Waals surface area (Å²) in [7, 11) is -3.15. The third-order valence-corrected chi connectivity index (χ3v) is 5.43. The van der Waals surface area contributed by atoms with Gasteiger partial charge in [-0.25, -0.2) is 13.1 Å². The van der Waals surface area contributed by atoms with Gasteiger partial charge in [-0.05, 0) is 30.6 Å². The highest BCUT2D eigenvalue weighted by Gasteiger charge is 2.25. The van der Waals surface area contributed by atoms with E-state index in [4.69, 9.17) is 11.6 Å². The molecule has 0 saturated heterocycles. The molecule has 5 heteroatoms. The van der Waals surface area contributed by atoms with Crippen molar-refractivity contribution in [2.75, 3.05) is 12.3 Å². The second-order valence-electron chi connectivity index (χ2n) is 6.54. The van der Waals surface area contributed by atoms with Crippen LogP contribution in [0.25, 0.3) is 0 Å². The van der Waals surface area contributed by atoms with Gasteiger partial charge in [-0.2, -0.15) is 0 Å². The second kappa shape index (κ2) is 6.58. The molecule has 1 aliphatic carbocycles. The lowest BCUT2D eigenvalue weighted by molar-refractivity contribution is 0.362. The van der Waals surface area contributed by atoms with E-state index in [0.717, 1.165) is 19.3 Å². The number of rotatable bonds is 5. The lowest BCUT2D eigenvalue weighted by atomic mass is 9.89. The topological polar surface area (TPSA) is 46.2 Å². The Morgan fingerprint density at radius 1 is 1.22 bits per heavy atom. The van der Waals surface area contributed by atoms with Crippen LogP contribution in [0.1, 0.15) is 52.9 Å². The Morgan fingerprint density at radius 3 is 2.39 bits per heavy atom. The van der Waals surface area contributed by atoms with Crippen molar-refractivity contribution < 1.29 is 8.42 Å². The fourth-order valence-electron chi connectivity index (χ4n) is 2.14. The quantitative estimate of drug-likeness (QED) is 0.792. The first-order chi connectivity index (χ1) is 8.20. The van der Waals surface area contributed by atoms with Crippen molar-refractivity contribution in [1.29, 1.82) is 0 Å². The van der Waals surface area contributed by atoms with Crippen molar-refractivity contribution in [3.05, 3.63) is 0 Å². The monoisotopic (exact) mass is 295 g/mol. The van der Waals surface area contributed by atoms with Crippen LogP contribution in [-0.2, 0) is 10.0 Å². The number of halogens is 1. The standard InChI is InChI=1S/C13H26ClNO2S/c1-13(2,3)8-9-18(16,17)15-10-11-6-4-5-7-12(11)14/h11-12,15H,4-10H2,1-3H3. The summed E-state index contributed by atoms with van der Waals surface area (Å²) in [5, 5.41) is 0.129. The molecule has 0 amide bonds. The third kappa shape index (κ3) is 6.39. The average molecular weight is 296 g/mol. The van der Waals surface area contributed by atoms with Crippen LogP contribution < -0.4 is 4.72 Å². The van der Waals surface area contributed by atoms with Gasteiger partial charge in [0, 0.05) is 11.9 Å². The van der Waals surface area contributed by atoms with E-state index in [9.17, 15) is 8.42 Å². The van der Waals surface area contributed by atoms with Crippen molar-refractivity contribution >= 4 is 21.6 Å². The molecule has 1 aliphatic rings. The lowest BCUT2D eigenvalue weighted by Crippen LogP contribution is -2.36. The smallest absolute Gasteiger partial charge is 0.211 e. The summed E-state index contributed by atoms with van der Waals surface area (Å²) < 4.78 is 26.5. The van der Waals surface area contributed by atoms with Crippen LogP contribution in [0.2, 0.25) is 0 Å². The van der Waals surface area contributed by atoms with Gasteiger partial charge < -0.3 is 0 Å². The molecule has 2 atom stereocenters. The molecule has 0 aliphatic heterocycles. The Bertz CT molecular complexity index is 348. The van der Waals surface area contributed by atoms with Crippen LogP contribution in [0.3, 0.4) is 0 Å². The summed E-state index contributed by atoms with van der Waals surface area (Å²) in [6.45, 7) is 6.66. The molecule has 0 aromatic rings. The van der Waals surface area contributed by atoms with Crippen molar-refractivity contribution in [2.24, 2.45) is 11.3 Å². The van der Waals surface area contributed by atoms with Gasteiger partial charge in [0.15, 0.2) is 0 Å². The van der Waals surface area contributed by atoms with Gasteiger partial charge in [0.05, 0.1) is 5.75 Å². The van der Waals surface area contributed by atoms with Crippen LogP contribution in [0.5, 0.6) is 0 Å². The maximum Gasteiger partial charge on any atom is 0.211 e. The Hall–Kier alpha value is 0.200. The van der Waals surface area contributed by atoms with Gasteiger partial charge in [-0.1, -0.05) is 33.6 Å². The molecule has 0 aromatic carbocycles. The van der Waals surface area contributed by atoms with Crippen LogP contribution >= 0.6 is 11.6 Å². The minimum atomic E-state index is -3.15. The maximum atomic E-state index is 11.9. The summed E-state index contributed by atoms with van der Waals surface area (Å²) in [6, 6.07) is 0. The maximum absolute atomic E-state index is 11.9. The molecular weight excluding hydrogens is 270 g/mol. The van der Waals surface area contributed by atoms with E-state index >= 15 is 0 Å². The fraction of sp³-hybridized carbons (Fsp3) is 1.00. The summed E-state index contributed by atoms with van der Waals surface area (Å²) in [6.07, 6.45) is 5.06. The van der Waals surface area contributed by atoms with Gasteiger partial charge in [0.25, 0.3) is 0 Å². The van der Waals surface area contributed by atoms with Crippen molar-refractivity contribution in [3.8, 4) is 0 Å². The first-order valence-electron chi connectivity index (χ1n) is 6.81. The zero-order valence-electron chi connectivity index (χ0n) is 11.7. The molecule has 1 fully saturated rings. The minimum absolute atomic E-state index is 0.0502. The second-order valence-corrected chi connectivity index (χ2v) is 9.03. The first kappa shape index (κ1) is 16.3. The number of hydrogen-bond acceptors (Lipinski definition) is 2. The van der Waals surface area contributed by atoms with E-state index in [1.807, 2.05) is 0 Å². The van der Waals surface area contributed by atoms with Crippen LogP contribution in [0.4, 0.5) is 0 Å². The van der Waals surface area contributed by atoms with E-state index in [1.54, 1.807) is 0 Å². The van der Waals surface area contributed by atoms with Gasteiger partial charge in [-0.3, -0.25) is 0 Å². The SMILES string of the molecule is CC(C)(C)CCS(=O)(=O)NCC1CCCCC1Cl. The fourth-order valence-corrected chi connectivity index (χ4v) is 4.00. The van der Waals surface area contributed by atoms with E-state index in [0.29, 0.717) is 18.9 Å². The highest BCUT2D eigenvalue weighted by Crippen LogP contribution is 2.28. The van der Waals surface area contributed by atoms with Gasteiger partial charge in [-0.15, -0.1) is 11.6 Å². The number of alkyl halides is 1. The predicted molar refractivity (Wildman–Crippen MR) is 77.5 cm³/mol. The molecule has 0 heterocycles. The van der Waals surface area contributed by atoms with Crippen molar-refractivity contribution in [2.45, 2.75) is 58.3 Å². The van der Waals surface area contributed by atoms with Crippen molar-refractivity contribution in [3.63, 3.8) is 0 Å². The summed E-state index contributed by atoms with van der Waals surface area (Å²) >= 11 is 6.23. The Labute approximate surface area is 117 Å². The van der Waals surface area contributed by atoms with Crippen molar-refractivity contribution in [1.82, 2.24) is 4.72 Å². The van der Waals surface area contributed by atoms with E-state index in [2.05, 4.69) is 25.5 Å². The van der Waals surface area contributed by atoms with Crippen LogP contribution in [0.15, 0.2) is 0 Å². The average Bonchev–Trinajstić information content (AvgIpc) is 2.25. The van der Waals surface area contributed by atoms with Crippen LogP contribution in [0, 0.1) is 11.3 Å². The van der Waals surface area contributed by atoms with E-state index in [-0.39, 0.29) is 16.5 Å². The Morgan fingerprint density at radius 2 is 1.83 bits per heavy atom. The zero-order chi connectivity index (χ0) is 13.8. The third-order valence-electron chi connectivity index (χ3n) is 3.50. The molecule has 18 heavy (non-hydrogen) atoms. The Kier molecular flexibility index (Phi) is 5.94. The molecule has 1 N–H and O–H groups in total. The highest BCUT2D eigenvalue weighted by molar-refractivity contribution is 7.89. The molecule has 3 nitrogen and oxygen atoms in total. The lowest BCUT2D eigenvalue weighted by Gasteiger charge is -2.27. The van der Waals surface area contributed by atoms with Gasteiger partial charge in [0.1, 0.15) is 0 Å². The largest absolute Gasteiger partial charge is 0.215 e. The van der Waals surface area contributed by atoms with E-state index < -0.39 is 10.0 Å². The molecule has 1 rings (SSSR count). The van der Waals surface area contributed by atoms with Gasteiger partial charge in [0.2, 0.25) is 10.0 Å². The summed E-state index contributed by atoms with van der Waals surface area (Å²) in [5.74, 6) is 0.501. The summed E-state index contributed by atoms with van der Waals surface area (Å²) in [5.41, 5.74) is 0.0502. The number of hydrogen-bond donors (Lipinski definition) is 1. The Balaban J connectivity index is 2.36. The number of nitrogens with one attached hydrogen (secondary N) is 1.